The third kappa shape index (κ3) is 7.11. The minimum atomic E-state index is -0.422. The molecule has 0 aliphatic rings. The van der Waals surface area contributed by atoms with Crippen molar-refractivity contribution in [3.63, 3.8) is 0 Å². The first-order valence-corrected chi connectivity index (χ1v) is 11.1. The second-order valence-corrected chi connectivity index (χ2v) is 8.07. The van der Waals surface area contributed by atoms with Crippen LogP contribution in [0.5, 0.6) is 17.2 Å². The van der Waals surface area contributed by atoms with Crippen molar-refractivity contribution < 1.29 is 23.8 Å². The Kier molecular flexibility index (Phi) is 8.94. The highest BCUT2D eigenvalue weighted by molar-refractivity contribution is 6.32. The summed E-state index contributed by atoms with van der Waals surface area (Å²) in [5.74, 6) is 0.498. The Hall–Kier alpha value is -3.75. The Balaban J connectivity index is 1.54. The lowest BCUT2D eigenvalue weighted by molar-refractivity contribution is -0.118. The molecule has 0 bridgehead atoms. The summed E-state index contributed by atoms with van der Waals surface area (Å²) in [7, 11) is 3.00. The van der Waals surface area contributed by atoms with Crippen LogP contribution in [0, 0.1) is 6.92 Å². The fourth-order valence-electron chi connectivity index (χ4n) is 2.93. The molecule has 0 aliphatic carbocycles. The summed E-state index contributed by atoms with van der Waals surface area (Å²) >= 11 is 12.3. The number of aryl methyl sites for hydroxylation is 1. The maximum absolute atomic E-state index is 12.3. The van der Waals surface area contributed by atoms with Crippen molar-refractivity contribution in [2.24, 2.45) is 5.10 Å². The molecule has 3 aromatic carbocycles. The number of nitrogens with zero attached hydrogens (tertiary/aromatic N) is 1. The number of halogens is 2. The predicted molar refractivity (Wildman–Crippen MR) is 136 cm³/mol. The van der Waals surface area contributed by atoms with E-state index in [0.29, 0.717) is 39.1 Å². The van der Waals surface area contributed by atoms with Crippen LogP contribution in [-0.4, -0.2) is 38.9 Å². The zero-order chi connectivity index (χ0) is 25.4. The number of amides is 2. The largest absolute Gasteiger partial charge is 0.493 e. The van der Waals surface area contributed by atoms with Crippen LogP contribution in [0.2, 0.25) is 10.0 Å². The molecule has 0 aromatic heterocycles. The van der Waals surface area contributed by atoms with Crippen molar-refractivity contribution in [3.8, 4) is 17.2 Å². The molecule has 2 amide bonds. The van der Waals surface area contributed by atoms with Crippen molar-refractivity contribution in [1.29, 1.82) is 0 Å². The van der Waals surface area contributed by atoms with Crippen molar-refractivity contribution in [3.05, 3.63) is 81.3 Å². The van der Waals surface area contributed by atoms with Crippen molar-refractivity contribution >= 4 is 46.9 Å². The predicted octanol–water partition coefficient (Wildman–Crippen LogP) is 5.10. The summed E-state index contributed by atoms with van der Waals surface area (Å²) in [6.07, 6.45) is 1.43. The van der Waals surface area contributed by atoms with Gasteiger partial charge in [-0.05, 0) is 66.6 Å². The number of hydrogen-bond donors (Lipinski definition) is 2. The van der Waals surface area contributed by atoms with E-state index in [4.69, 9.17) is 37.4 Å². The van der Waals surface area contributed by atoms with Gasteiger partial charge >= 0.3 is 0 Å². The van der Waals surface area contributed by atoms with Gasteiger partial charge in [0.15, 0.2) is 18.1 Å². The zero-order valence-electron chi connectivity index (χ0n) is 19.2. The number of ether oxygens (including phenoxy) is 3. The van der Waals surface area contributed by atoms with Gasteiger partial charge in [-0.2, -0.15) is 5.10 Å². The number of benzene rings is 3. The number of hydrazone groups is 1. The lowest BCUT2D eigenvalue weighted by Crippen LogP contribution is -2.20. The molecule has 0 heterocycles. The lowest BCUT2D eigenvalue weighted by atomic mass is 10.2. The number of anilines is 1. The van der Waals surface area contributed by atoms with Gasteiger partial charge < -0.3 is 19.5 Å². The van der Waals surface area contributed by atoms with Crippen LogP contribution < -0.4 is 25.0 Å². The van der Waals surface area contributed by atoms with Crippen LogP contribution in [0.4, 0.5) is 5.69 Å². The molecule has 3 aromatic rings. The van der Waals surface area contributed by atoms with Crippen molar-refractivity contribution in [2.75, 3.05) is 26.1 Å². The molecule has 182 valence electrons. The fraction of sp³-hybridized carbons (Fsp3) is 0.160. The monoisotopic (exact) mass is 515 g/mol. The summed E-state index contributed by atoms with van der Waals surface area (Å²) in [4.78, 5) is 24.5. The van der Waals surface area contributed by atoms with E-state index < -0.39 is 5.91 Å². The Labute approximate surface area is 212 Å². The lowest BCUT2D eigenvalue weighted by Gasteiger charge is -2.10. The van der Waals surface area contributed by atoms with E-state index >= 15 is 0 Å². The second kappa shape index (κ2) is 12.1. The number of methoxy groups -OCH3 is 2. The minimum absolute atomic E-state index is 0.236. The van der Waals surface area contributed by atoms with Gasteiger partial charge in [-0.15, -0.1) is 0 Å². The van der Waals surface area contributed by atoms with Gasteiger partial charge in [0.2, 0.25) is 0 Å². The third-order valence-electron chi connectivity index (χ3n) is 4.80. The van der Waals surface area contributed by atoms with Crippen LogP contribution >= 0.6 is 23.2 Å². The summed E-state index contributed by atoms with van der Waals surface area (Å²) in [5.41, 5.74) is 4.90. The molecule has 3 rings (SSSR count). The highest BCUT2D eigenvalue weighted by Gasteiger charge is 2.11. The zero-order valence-corrected chi connectivity index (χ0v) is 20.7. The molecule has 10 heteroatoms. The first-order chi connectivity index (χ1) is 16.8. The molecule has 2 N–H and O–H groups in total. The van der Waals surface area contributed by atoms with Crippen LogP contribution in [0.3, 0.4) is 0 Å². The second-order valence-electron chi connectivity index (χ2n) is 7.26. The maximum Gasteiger partial charge on any atom is 0.271 e. The molecule has 8 nitrogen and oxygen atoms in total. The van der Waals surface area contributed by atoms with Gasteiger partial charge in [-0.3, -0.25) is 9.59 Å². The Morgan fingerprint density at radius 3 is 2.34 bits per heavy atom. The molecular weight excluding hydrogens is 493 g/mol. The molecule has 0 unspecified atom stereocenters. The van der Waals surface area contributed by atoms with Crippen LogP contribution in [-0.2, 0) is 4.79 Å². The first kappa shape index (κ1) is 25.9. The summed E-state index contributed by atoms with van der Waals surface area (Å²) in [6, 6.07) is 14.9. The number of nitrogens with one attached hydrogen (secondary N) is 2. The minimum Gasteiger partial charge on any atom is -0.493 e. The number of rotatable bonds is 9. The summed E-state index contributed by atoms with van der Waals surface area (Å²) in [6.45, 7) is 1.64. The van der Waals surface area contributed by atoms with E-state index in [1.54, 1.807) is 48.5 Å². The third-order valence-corrected chi connectivity index (χ3v) is 5.50. The normalized spacial score (nSPS) is 10.7. The first-order valence-electron chi connectivity index (χ1n) is 10.3. The van der Waals surface area contributed by atoms with Gasteiger partial charge in [0.05, 0.1) is 25.5 Å². The number of carbonyl (C=O) groups is 2. The van der Waals surface area contributed by atoms with E-state index in [1.807, 2.05) is 13.0 Å². The Morgan fingerprint density at radius 2 is 1.66 bits per heavy atom. The molecule has 0 fully saturated rings. The van der Waals surface area contributed by atoms with Gasteiger partial charge in [0.1, 0.15) is 5.75 Å². The van der Waals surface area contributed by atoms with E-state index in [2.05, 4.69) is 15.8 Å². The van der Waals surface area contributed by atoms with Gasteiger partial charge in [-0.25, -0.2) is 5.43 Å². The Bertz CT molecular complexity index is 1260. The van der Waals surface area contributed by atoms with Crippen molar-refractivity contribution in [1.82, 2.24) is 5.43 Å². The molecule has 0 aliphatic heterocycles. The molecule has 0 saturated carbocycles. The molecule has 0 saturated heterocycles. The summed E-state index contributed by atoms with van der Waals surface area (Å²) < 4.78 is 15.9. The van der Waals surface area contributed by atoms with Gasteiger partial charge in [-0.1, -0.05) is 29.3 Å². The smallest absolute Gasteiger partial charge is 0.271 e. The van der Waals surface area contributed by atoms with E-state index in [1.165, 1.54) is 20.4 Å². The Morgan fingerprint density at radius 1 is 0.914 bits per heavy atom. The van der Waals surface area contributed by atoms with E-state index in [-0.39, 0.29) is 17.5 Å². The molecule has 0 atom stereocenters. The molecule has 0 spiro atoms. The van der Waals surface area contributed by atoms with Crippen LogP contribution in [0.1, 0.15) is 21.5 Å². The summed E-state index contributed by atoms with van der Waals surface area (Å²) in [5, 5.41) is 7.50. The van der Waals surface area contributed by atoms with Crippen LogP contribution in [0.15, 0.2) is 59.7 Å². The number of hydrogen-bond acceptors (Lipinski definition) is 6. The standard InChI is InChI=1S/C25H23Cl2N3O5/c1-15-4-7-18(12-19(15)26)29-24(31)14-35-21-8-5-16(10-20(21)27)13-28-30-25(32)17-6-9-22(33-2)23(11-17)34-3/h4-13H,14H2,1-3H3,(H,29,31)(H,30,32)/b28-13+. The SMILES string of the molecule is COc1ccc(C(=O)N/N=C/c2ccc(OCC(=O)Nc3ccc(C)c(Cl)c3)c(Cl)c2)cc1OC. The molecular formula is C25H23Cl2N3O5. The quantitative estimate of drug-likeness (QED) is 0.305. The average molecular weight is 516 g/mol. The molecule has 0 radical (unpaired) electrons. The van der Waals surface area contributed by atoms with Crippen LogP contribution in [0.25, 0.3) is 0 Å². The fourth-order valence-corrected chi connectivity index (χ4v) is 3.36. The van der Waals surface area contributed by atoms with Gasteiger partial charge in [0, 0.05) is 16.3 Å². The highest BCUT2D eigenvalue weighted by Crippen LogP contribution is 2.28. The topological polar surface area (TPSA) is 98.3 Å². The van der Waals surface area contributed by atoms with E-state index in [0.717, 1.165) is 5.56 Å². The van der Waals surface area contributed by atoms with Gasteiger partial charge in [0.25, 0.3) is 11.8 Å². The maximum atomic E-state index is 12.3. The number of carbonyl (C=O) groups excluding carboxylic acids is 2. The molecule has 35 heavy (non-hydrogen) atoms. The average Bonchev–Trinajstić information content (AvgIpc) is 2.85. The van der Waals surface area contributed by atoms with Crippen molar-refractivity contribution in [2.45, 2.75) is 6.92 Å². The van der Waals surface area contributed by atoms with E-state index in [9.17, 15) is 9.59 Å². The highest BCUT2D eigenvalue weighted by atomic mass is 35.5.